The first-order chi connectivity index (χ1) is 7.30. The molecule has 0 aliphatic carbocycles. The summed E-state index contributed by atoms with van der Waals surface area (Å²) in [6, 6.07) is 3.74. The second-order valence-electron chi connectivity index (χ2n) is 4.41. The van der Waals surface area contributed by atoms with E-state index in [-0.39, 0.29) is 4.75 Å². The highest BCUT2D eigenvalue weighted by Gasteiger charge is 2.19. The minimum atomic E-state index is -1.22. The predicted octanol–water partition coefficient (Wildman–Crippen LogP) is 3.12. The molecule has 1 heterocycles. The Morgan fingerprint density at radius 1 is 1.44 bits per heavy atom. The van der Waals surface area contributed by atoms with Crippen LogP contribution in [-0.2, 0) is 11.0 Å². The van der Waals surface area contributed by atoms with Gasteiger partial charge in [-0.25, -0.2) is 9.19 Å². The van der Waals surface area contributed by atoms with Gasteiger partial charge in [0.15, 0.2) is 0 Å². The fourth-order valence-corrected chi connectivity index (χ4v) is 1.77. The molecule has 0 bridgehead atoms. The van der Waals surface area contributed by atoms with Crippen LogP contribution in [0.3, 0.4) is 0 Å². The van der Waals surface area contributed by atoms with Crippen molar-refractivity contribution in [3.63, 3.8) is 0 Å². The summed E-state index contributed by atoms with van der Waals surface area (Å²) in [4.78, 5) is 4.11. The van der Waals surface area contributed by atoms with Gasteiger partial charge in [0.2, 0.25) is 0 Å². The molecular formula is C11H15BrN2OS. The molecule has 0 aromatic carbocycles. The predicted molar refractivity (Wildman–Crippen MR) is 72.0 cm³/mol. The molecule has 1 atom stereocenters. The van der Waals surface area contributed by atoms with Crippen molar-refractivity contribution in [2.45, 2.75) is 32.4 Å². The average molecular weight is 303 g/mol. The molecular weight excluding hydrogens is 288 g/mol. The molecule has 0 radical (unpaired) electrons. The van der Waals surface area contributed by atoms with E-state index in [1.165, 1.54) is 0 Å². The third-order valence-corrected chi connectivity index (χ3v) is 3.85. The van der Waals surface area contributed by atoms with Crippen LogP contribution in [-0.4, -0.2) is 19.7 Å². The molecule has 88 valence electrons. The van der Waals surface area contributed by atoms with Crippen LogP contribution in [0.1, 0.15) is 33.3 Å². The molecule has 0 saturated carbocycles. The molecule has 0 fully saturated rings. The van der Waals surface area contributed by atoms with Gasteiger partial charge in [-0.15, -0.1) is 0 Å². The van der Waals surface area contributed by atoms with Crippen LogP contribution in [0, 0.1) is 0 Å². The highest BCUT2D eigenvalue weighted by molar-refractivity contribution is 9.10. The average Bonchev–Trinajstić information content (AvgIpc) is 2.17. The monoisotopic (exact) mass is 302 g/mol. The maximum Gasteiger partial charge on any atom is 0.145 e. The van der Waals surface area contributed by atoms with E-state index >= 15 is 0 Å². The molecule has 0 N–H and O–H groups in total. The van der Waals surface area contributed by atoms with Gasteiger partial charge in [-0.2, -0.15) is 4.40 Å². The van der Waals surface area contributed by atoms with Crippen LogP contribution < -0.4 is 0 Å². The standard InChI is InChI=1S/C11H15BrN2OS/c1-8(14-16(15)11(2,3)4)9-5-6-10(12)13-7-9/h5-7H,1-4H3/b14-8+/t16-/m0/s1. The Labute approximate surface area is 107 Å². The first-order valence-electron chi connectivity index (χ1n) is 4.90. The second kappa shape index (κ2) is 5.19. The van der Waals surface area contributed by atoms with Crippen molar-refractivity contribution in [1.29, 1.82) is 0 Å². The Kier molecular flexibility index (Phi) is 4.38. The van der Waals surface area contributed by atoms with Crippen molar-refractivity contribution in [3.05, 3.63) is 28.5 Å². The normalized spacial score (nSPS) is 14.9. The molecule has 1 aromatic heterocycles. The lowest BCUT2D eigenvalue weighted by Gasteiger charge is -2.14. The van der Waals surface area contributed by atoms with E-state index in [0.717, 1.165) is 15.9 Å². The van der Waals surface area contributed by atoms with Crippen molar-refractivity contribution in [2.24, 2.45) is 4.40 Å². The Morgan fingerprint density at radius 2 is 2.06 bits per heavy atom. The van der Waals surface area contributed by atoms with Gasteiger partial charge in [-0.3, -0.25) is 0 Å². The van der Waals surface area contributed by atoms with Crippen molar-refractivity contribution in [2.75, 3.05) is 0 Å². The molecule has 0 amide bonds. The largest absolute Gasteiger partial charge is 0.249 e. The Morgan fingerprint density at radius 3 is 2.50 bits per heavy atom. The topological polar surface area (TPSA) is 42.3 Å². The third kappa shape index (κ3) is 3.79. The third-order valence-electron chi connectivity index (χ3n) is 1.89. The van der Waals surface area contributed by atoms with E-state index in [4.69, 9.17) is 0 Å². The first kappa shape index (κ1) is 13.5. The van der Waals surface area contributed by atoms with E-state index in [9.17, 15) is 4.21 Å². The molecule has 0 aliphatic heterocycles. The molecule has 1 rings (SSSR count). The zero-order valence-corrected chi connectivity index (χ0v) is 12.2. The highest BCUT2D eigenvalue weighted by Crippen LogP contribution is 2.14. The zero-order valence-electron chi connectivity index (χ0n) is 9.82. The van der Waals surface area contributed by atoms with Gasteiger partial charge in [0, 0.05) is 11.8 Å². The van der Waals surface area contributed by atoms with Gasteiger partial charge in [0.1, 0.15) is 15.6 Å². The number of nitrogens with zero attached hydrogens (tertiary/aromatic N) is 2. The number of hydrogen-bond donors (Lipinski definition) is 0. The van der Waals surface area contributed by atoms with E-state index in [1.54, 1.807) is 6.20 Å². The minimum Gasteiger partial charge on any atom is -0.249 e. The van der Waals surface area contributed by atoms with Gasteiger partial charge in [-0.1, -0.05) is 0 Å². The summed E-state index contributed by atoms with van der Waals surface area (Å²) >= 11 is 3.27. The maximum atomic E-state index is 11.8. The fourth-order valence-electron chi connectivity index (χ4n) is 0.904. The lowest BCUT2D eigenvalue weighted by molar-refractivity contribution is 0.650. The van der Waals surface area contributed by atoms with Gasteiger partial charge < -0.3 is 0 Å². The van der Waals surface area contributed by atoms with Gasteiger partial charge >= 0.3 is 0 Å². The number of hydrogen-bond acceptors (Lipinski definition) is 2. The number of aromatic nitrogens is 1. The van der Waals surface area contributed by atoms with E-state index in [1.807, 2.05) is 39.8 Å². The van der Waals surface area contributed by atoms with Gasteiger partial charge in [-0.05, 0) is 55.8 Å². The van der Waals surface area contributed by atoms with Crippen molar-refractivity contribution >= 4 is 32.6 Å². The molecule has 0 saturated heterocycles. The molecule has 3 nitrogen and oxygen atoms in total. The fraction of sp³-hybridized carbons (Fsp3) is 0.455. The molecule has 0 spiro atoms. The van der Waals surface area contributed by atoms with Gasteiger partial charge in [0.05, 0.1) is 10.5 Å². The summed E-state index contributed by atoms with van der Waals surface area (Å²) in [6.45, 7) is 7.55. The molecule has 16 heavy (non-hydrogen) atoms. The number of rotatable bonds is 2. The smallest absolute Gasteiger partial charge is 0.145 e. The van der Waals surface area contributed by atoms with E-state index in [2.05, 4.69) is 25.3 Å². The van der Waals surface area contributed by atoms with Crippen LogP contribution >= 0.6 is 15.9 Å². The maximum absolute atomic E-state index is 11.8. The summed E-state index contributed by atoms with van der Waals surface area (Å²) in [5.74, 6) is 0. The Hall–Kier alpha value is -0.550. The van der Waals surface area contributed by atoms with Crippen molar-refractivity contribution in [1.82, 2.24) is 4.98 Å². The molecule has 0 aliphatic rings. The SMILES string of the molecule is C/C(=N\[S@@](=O)C(C)(C)C)c1ccc(Br)nc1. The summed E-state index contributed by atoms with van der Waals surface area (Å²) in [6.07, 6.45) is 1.71. The van der Waals surface area contributed by atoms with Crippen molar-refractivity contribution < 1.29 is 4.21 Å². The van der Waals surface area contributed by atoms with Crippen LogP contribution in [0.25, 0.3) is 0 Å². The van der Waals surface area contributed by atoms with E-state index < -0.39 is 11.0 Å². The van der Waals surface area contributed by atoms with E-state index in [0.29, 0.717) is 0 Å². The van der Waals surface area contributed by atoms with Crippen LogP contribution in [0.2, 0.25) is 0 Å². The summed E-state index contributed by atoms with van der Waals surface area (Å²) in [7, 11) is -1.22. The quantitative estimate of drug-likeness (QED) is 0.622. The lowest BCUT2D eigenvalue weighted by Crippen LogP contribution is -2.20. The number of halogens is 1. The molecule has 1 aromatic rings. The second-order valence-corrected chi connectivity index (χ2v) is 7.13. The summed E-state index contributed by atoms with van der Waals surface area (Å²) < 4.78 is 16.4. The molecule has 0 unspecified atom stereocenters. The van der Waals surface area contributed by atoms with Crippen LogP contribution in [0.15, 0.2) is 27.3 Å². The van der Waals surface area contributed by atoms with Crippen molar-refractivity contribution in [3.8, 4) is 0 Å². The van der Waals surface area contributed by atoms with Crippen LogP contribution in [0.4, 0.5) is 0 Å². The number of pyridine rings is 1. The van der Waals surface area contributed by atoms with Gasteiger partial charge in [0.25, 0.3) is 0 Å². The molecule has 5 heteroatoms. The Bertz CT molecular complexity index is 421. The lowest BCUT2D eigenvalue weighted by atomic mass is 10.2. The summed E-state index contributed by atoms with van der Waals surface area (Å²) in [5, 5.41) is 0. The zero-order chi connectivity index (χ0) is 12.3. The minimum absolute atomic E-state index is 0.329. The van der Waals surface area contributed by atoms with Crippen LogP contribution in [0.5, 0.6) is 0 Å². The Balaban J connectivity index is 2.94. The highest BCUT2D eigenvalue weighted by atomic mass is 79.9. The first-order valence-corrected chi connectivity index (χ1v) is 6.80. The summed E-state index contributed by atoms with van der Waals surface area (Å²) in [5.41, 5.74) is 1.63.